The summed E-state index contributed by atoms with van der Waals surface area (Å²) in [6, 6.07) is 2.84. The average Bonchev–Trinajstić information content (AvgIpc) is 3.61. The lowest BCUT2D eigenvalue weighted by molar-refractivity contribution is -0.138. The van der Waals surface area contributed by atoms with Crippen molar-refractivity contribution in [3.8, 4) is 0 Å². The highest BCUT2D eigenvalue weighted by Crippen LogP contribution is 2.37. The summed E-state index contributed by atoms with van der Waals surface area (Å²) in [5, 5.41) is 0. The summed E-state index contributed by atoms with van der Waals surface area (Å²) in [7, 11) is -4.08. The minimum atomic E-state index is -4.08. The Bertz CT molecular complexity index is 952. The van der Waals surface area contributed by atoms with Crippen LogP contribution in [-0.2, 0) is 14.8 Å². The van der Waals surface area contributed by atoms with Gasteiger partial charge in [0.1, 0.15) is 16.5 Å². The minimum Gasteiger partial charge on any atom is -0.340 e. The molecule has 1 heterocycles. The van der Waals surface area contributed by atoms with Crippen LogP contribution in [0.5, 0.6) is 0 Å². The van der Waals surface area contributed by atoms with Gasteiger partial charge < -0.3 is 4.90 Å². The van der Waals surface area contributed by atoms with Crippen molar-refractivity contribution in [3.63, 3.8) is 0 Å². The average molecular weight is 484 g/mol. The number of rotatable bonds is 7. The van der Waals surface area contributed by atoms with Crippen LogP contribution in [0.3, 0.4) is 0 Å². The van der Waals surface area contributed by atoms with Gasteiger partial charge in [-0.2, -0.15) is 4.31 Å². The number of carbonyl (C=O) groups is 1. The van der Waals surface area contributed by atoms with E-state index in [2.05, 4.69) is 18.7 Å². The topological polar surface area (TPSA) is 60.9 Å². The van der Waals surface area contributed by atoms with Gasteiger partial charge in [-0.15, -0.1) is 0 Å². The first-order valence-electron chi connectivity index (χ1n) is 12.2. The normalized spacial score (nSPS) is 25.1. The fourth-order valence-corrected chi connectivity index (χ4v) is 6.95. The van der Waals surface area contributed by atoms with E-state index in [9.17, 15) is 22.0 Å². The highest BCUT2D eigenvalue weighted by molar-refractivity contribution is 7.89. The maximum Gasteiger partial charge on any atom is 0.246 e. The summed E-state index contributed by atoms with van der Waals surface area (Å²) in [6.45, 7) is 7.94. The number of amides is 1. The highest BCUT2D eigenvalue weighted by atomic mass is 32.2. The van der Waals surface area contributed by atoms with Gasteiger partial charge in [-0.05, 0) is 70.4 Å². The molecule has 1 saturated heterocycles. The Balaban J connectivity index is 1.41. The molecule has 0 unspecified atom stereocenters. The monoisotopic (exact) mass is 483 g/mol. The van der Waals surface area contributed by atoms with E-state index in [0.717, 1.165) is 51.2 Å². The fraction of sp³-hybridized carbons (Fsp3) is 0.708. The Morgan fingerprint density at radius 2 is 1.67 bits per heavy atom. The van der Waals surface area contributed by atoms with Crippen LogP contribution < -0.4 is 0 Å². The number of nitrogens with zero attached hydrogens (tertiary/aromatic N) is 3. The number of sulfonamides is 1. The quantitative estimate of drug-likeness (QED) is 0.596. The van der Waals surface area contributed by atoms with E-state index in [0.29, 0.717) is 50.3 Å². The predicted molar refractivity (Wildman–Crippen MR) is 122 cm³/mol. The summed E-state index contributed by atoms with van der Waals surface area (Å²) in [4.78, 5) is 16.9. The van der Waals surface area contributed by atoms with Crippen LogP contribution in [0.4, 0.5) is 8.78 Å². The first-order chi connectivity index (χ1) is 15.7. The lowest BCUT2D eigenvalue weighted by Gasteiger charge is -2.40. The first kappa shape index (κ1) is 24.5. The zero-order valence-electron chi connectivity index (χ0n) is 19.6. The maximum atomic E-state index is 14.4. The van der Waals surface area contributed by atoms with Crippen molar-refractivity contribution in [3.05, 3.63) is 29.8 Å². The third-order valence-electron chi connectivity index (χ3n) is 7.43. The van der Waals surface area contributed by atoms with Gasteiger partial charge in [0.05, 0.1) is 0 Å². The Morgan fingerprint density at radius 1 is 1.03 bits per heavy atom. The summed E-state index contributed by atoms with van der Waals surface area (Å²) in [6.07, 6.45) is 4.36. The van der Waals surface area contributed by atoms with Gasteiger partial charge >= 0.3 is 0 Å². The van der Waals surface area contributed by atoms with Crippen molar-refractivity contribution in [1.82, 2.24) is 14.1 Å². The molecule has 2 aliphatic carbocycles. The van der Waals surface area contributed by atoms with E-state index < -0.39 is 26.6 Å². The lowest BCUT2D eigenvalue weighted by Crippen LogP contribution is -2.52. The summed E-state index contributed by atoms with van der Waals surface area (Å²) in [5.41, 5.74) is 0. The van der Waals surface area contributed by atoms with E-state index in [1.807, 2.05) is 4.90 Å². The lowest BCUT2D eigenvalue weighted by atomic mass is 9.85. The van der Waals surface area contributed by atoms with Crippen molar-refractivity contribution >= 4 is 15.9 Å². The molecule has 3 aliphatic rings. The molecule has 33 heavy (non-hydrogen) atoms. The van der Waals surface area contributed by atoms with Crippen molar-refractivity contribution < 1.29 is 22.0 Å². The Morgan fingerprint density at radius 3 is 2.21 bits per heavy atom. The molecule has 4 rings (SSSR count). The molecular formula is C24H35F2N3O3S. The minimum absolute atomic E-state index is 0.0834. The third-order valence-corrected chi connectivity index (χ3v) is 9.38. The smallest absolute Gasteiger partial charge is 0.246 e. The van der Waals surface area contributed by atoms with Gasteiger partial charge in [0.25, 0.3) is 0 Å². The zero-order valence-corrected chi connectivity index (χ0v) is 20.4. The van der Waals surface area contributed by atoms with Gasteiger partial charge in [0, 0.05) is 56.8 Å². The van der Waals surface area contributed by atoms with Crippen LogP contribution in [-0.4, -0.2) is 73.2 Å². The van der Waals surface area contributed by atoms with Crippen molar-refractivity contribution in [2.24, 2.45) is 11.8 Å². The summed E-state index contributed by atoms with van der Waals surface area (Å²) in [5.74, 6) is -1.47. The third kappa shape index (κ3) is 5.57. The molecule has 1 aliphatic heterocycles. The molecule has 0 spiro atoms. The largest absolute Gasteiger partial charge is 0.340 e. The molecule has 6 nitrogen and oxygen atoms in total. The van der Waals surface area contributed by atoms with Crippen LogP contribution in [0.1, 0.15) is 52.4 Å². The Kier molecular flexibility index (Phi) is 7.41. The molecule has 1 amide bonds. The van der Waals surface area contributed by atoms with Gasteiger partial charge in [-0.25, -0.2) is 17.2 Å². The molecular weight excluding hydrogens is 448 g/mol. The Hall–Kier alpha value is -1.58. The van der Waals surface area contributed by atoms with Crippen molar-refractivity contribution in [1.29, 1.82) is 0 Å². The van der Waals surface area contributed by atoms with Crippen LogP contribution in [0.25, 0.3) is 0 Å². The molecule has 0 N–H and O–H groups in total. The molecule has 1 aromatic carbocycles. The second-order valence-corrected chi connectivity index (χ2v) is 11.9. The molecule has 0 bridgehead atoms. The van der Waals surface area contributed by atoms with Crippen molar-refractivity contribution in [2.75, 3.05) is 32.7 Å². The highest BCUT2D eigenvalue weighted by Gasteiger charge is 2.40. The van der Waals surface area contributed by atoms with E-state index >= 15 is 0 Å². The number of halogens is 2. The summed E-state index contributed by atoms with van der Waals surface area (Å²) >= 11 is 0. The molecule has 2 saturated carbocycles. The van der Waals surface area contributed by atoms with Crippen LogP contribution in [0.2, 0.25) is 0 Å². The van der Waals surface area contributed by atoms with E-state index in [4.69, 9.17) is 0 Å². The van der Waals surface area contributed by atoms with Gasteiger partial charge in [0.15, 0.2) is 0 Å². The SMILES string of the molecule is CC(C)N1CCN(C(=O)C2CCC(N(CC3CC3)S(=O)(=O)c3ccc(F)cc3F)CC2)CC1. The molecule has 0 atom stereocenters. The van der Waals surface area contributed by atoms with Crippen LogP contribution in [0.15, 0.2) is 23.1 Å². The first-order valence-corrected chi connectivity index (χ1v) is 13.6. The second-order valence-electron chi connectivity index (χ2n) is 10.1. The molecule has 0 radical (unpaired) electrons. The number of hydrogen-bond donors (Lipinski definition) is 0. The fourth-order valence-electron chi connectivity index (χ4n) is 5.14. The number of hydrogen-bond acceptors (Lipinski definition) is 4. The van der Waals surface area contributed by atoms with E-state index in [-0.39, 0.29) is 17.9 Å². The van der Waals surface area contributed by atoms with Gasteiger partial charge in [0.2, 0.25) is 15.9 Å². The molecule has 9 heteroatoms. The second kappa shape index (κ2) is 9.96. The zero-order chi connectivity index (χ0) is 23.8. The predicted octanol–water partition coefficient (Wildman–Crippen LogP) is 3.48. The molecule has 3 fully saturated rings. The summed E-state index contributed by atoms with van der Waals surface area (Å²) < 4.78 is 55.9. The molecule has 0 aromatic heterocycles. The number of carbonyl (C=O) groups excluding carboxylic acids is 1. The molecule has 1 aromatic rings. The maximum absolute atomic E-state index is 14.4. The van der Waals surface area contributed by atoms with Crippen LogP contribution >= 0.6 is 0 Å². The van der Waals surface area contributed by atoms with Crippen molar-refractivity contribution in [2.45, 2.75) is 69.4 Å². The van der Waals surface area contributed by atoms with Gasteiger partial charge in [-0.3, -0.25) is 9.69 Å². The standard InChI is InChI=1S/C24H35F2N3O3S/c1-17(2)27-11-13-28(14-12-27)24(30)19-5-8-21(9-6-19)29(16-18-3-4-18)33(31,32)23-10-7-20(25)15-22(23)26/h7,10,15,17-19,21H,3-6,8-9,11-14,16H2,1-2H3. The number of benzene rings is 1. The molecule has 184 valence electrons. The van der Waals surface area contributed by atoms with E-state index in [1.54, 1.807) is 0 Å². The number of piperazine rings is 1. The van der Waals surface area contributed by atoms with Crippen LogP contribution in [0, 0.1) is 23.5 Å². The Labute approximate surface area is 196 Å². The van der Waals surface area contributed by atoms with E-state index in [1.165, 1.54) is 4.31 Å². The van der Waals surface area contributed by atoms with Gasteiger partial charge in [-0.1, -0.05) is 0 Å².